The molecule has 0 fully saturated rings. The van der Waals surface area contributed by atoms with Crippen molar-refractivity contribution in [2.75, 3.05) is 6.54 Å². The van der Waals surface area contributed by atoms with Gasteiger partial charge in [-0.05, 0) is 26.3 Å². The van der Waals surface area contributed by atoms with Crippen LogP contribution in [0.15, 0.2) is 30.3 Å². The molecule has 2 N–H and O–H groups in total. The minimum Gasteiger partial charge on any atom is -0.392 e. The Hall–Kier alpha value is -0.860. The van der Waals surface area contributed by atoms with Gasteiger partial charge in [0.25, 0.3) is 0 Å². The summed E-state index contributed by atoms with van der Waals surface area (Å²) in [6, 6.07) is 10.3. The number of aliphatic hydroxyl groups excluding tert-OH is 1. The summed E-state index contributed by atoms with van der Waals surface area (Å²) in [6.45, 7) is 6.63. The summed E-state index contributed by atoms with van der Waals surface area (Å²) >= 11 is 0. The van der Waals surface area contributed by atoms with E-state index in [1.165, 1.54) is 5.56 Å². The predicted molar refractivity (Wildman–Crippen MR) is 59.2 cm³/mol. The van der Waals surface area contributed by atoms with Gasteiger partial charge in [-0.15, -0.1) is 0 Å². The molecule has 0 spiro atoms. The molecule has 0 aromatic heterocycles. The quantitative estimate of drug-likeness (QED) is 0.765. The maximum Gasteiger partial charge on any atom is 0.0636 e. The van der Waals surface area contributed by atoms with Crippen LogP contribution in [0.2, 0.25) is 0 Å². The first-order valence-corrected chi connectivity index (χ1v) is 5.01. The van der Waals surface area contributed by atoms with E-state index in [1.54, 1.807) is 6.92 Å². The summed E-state index contributed by atoms with van der Waals surface area (Å²) in [5.74, 6) is 0. The largest absolute Gasteiger partial charge is 0.392 e. The van der Waals surface area contributed by atoms with Crippen LogP contribution in [-0.4, -0.2) is 17.8 Å². The molecule has 0 aliphatic rings. The normalized spacial score (nSPS) is 14.0. The van der Waals surface area contributed by atoms with Crippen LogP contribution in [0.4, 0.5) is 0 Å². The lowest BCUT2D eigenvalue weighted by Gasteiger charge is -2.27. The predicted octanol–water partition coefficient (Wildman–Crippen LogP) is 1.89. The topological polar surface area (TPSA) is 32.3 Å². The molecule has 78 valence electrons. The first-order chi connectivity index (χ1) is 6.52. The zero-order valence-corrected chi connectivity index (χ0v) is 9.12. The summed E-state index contributed by atoms with van der Waals surface area (Å²) < 4.78 is 0. The van der Waals surface area contributed by atoms with Crippen molar-refractivity contribution in [1.29, 1.82) is 0 Å². The molecule has 1 aromatic carbocycles. The highest BCUT2D eigenvalue weighted by molar-refractivity contribution is 5.22. The molecular weight excluding hydrogens is 174 g/mol. The van der Waals surface area contributed by atoms with Gasteiger partial charge in [0.2, 0.25) is 0 Å². The van der Waals surface area contributed by atoms with E-state index in [1.807, 2.05) is 18.2 Å². The molecule has 0 heterocycles. The Morgan fingerprint density at radius 3 is 2.36 bits per heavy atom. The number of benzene rings is 1. The SMILES string of the molecule is CC(O)CNC(C)(C)c1ccccc1. The average Bonchev–Trinajstić information content (AvgIpc) is 2.16. The third-order valence-corrected chi connectivity index (χ3v) is 2.33. The van der Waals surface area contributed by atoms with E-state index in [0.29, 0.717) is 6.54 Å². The van der Waals surface area contributed by atoms with Gasteiger partial charge in [-0.1, -0.05) is 30.3 Å². The smallest absolute Gasteiger partial charge is 0.0636 e. The summed E-state index contributed by atoms with van der Waals surface area (Å²) in [4.78, 5) is 0. The monoisotopic (exact) mass is 193 g/mol. The molecule has 0 saturated carbocycles. The van der Waals surface area contributed by atoms with Gasteiger partial charge in [0.1, 0.15) is 0 Å². The van der Waals surface area contributed by atoms with Gasteiger partial charge in [-0.25, -0.2) is 0 Å². The van der Waals surface area contributed by atoms with Crippen LogP contribution < -0.4 is 5.32 Å². The highest BCUT2D eigenvalue weighted by Gasteiger charge is 2.19. The standard InChI is InChI=1S/C12H19NO/c1-10(14)9-13-12(2,3)11-7-5-4-6-8-11/h4-8,10,13-14H,9H2,1-3H3. The zero-order chi connectivity index (χ0) is 10.6. The molecule has 0 aliphatic heterocycles. The number of aliphatic hydroxyl groups is 1. The van der Waals surface area contributed by atoms with E-state index in [0.717, 1.165) is 0 Å². The summed E-state index contributed by atoms with van der Waals surface area (Å²) in [5.41, 5.74) is 1.15. The first kappa shape index (κ1) is 11.2. The van der Waals surface area contributed by atoms with Crippen LogP contribution in [0.3, 0.4) is 0 Å². The van der Waals surface area contributed by atoms with E-state index in [4.69, 9.17) is 0 Å². The third kappa shape index (κ3) is 3.13. The van der Waals surface area contributed by atoms with Crippen LogP contribution in [0.5, 0.6) is 0 Å². The van der Waals surface area contributed by atoms with Crippen LogP contribution in [0.25, 0.3) is 0 Å². The third-order valence-electron chi connectivity index (χ3n) is 2.33. The second-order valence-electron chi connectivity index (χ2n) is 4.22. The molecule has 14 heavy (non-hydrogen) atoms. The van der Waals surface area contributed by atoms with Crippen molar-refractivity contribution in [1.82, 2.24) is 5.32 Å². The van der Waals surface area contributed by atoms with E-state index in [9.17, 15) is 5.11 Å². The minimum absolute atomic E-state index is 0.0851. The van der Waals surface area contributed by atoms with Gasteiger partial charge in [0.15, 0.2) is 0 Å². The fraction of sp³-hybridized carbons (Fsp3) is 0.500. The van der Waals surface area contributed by atoms with Crippen LogP contribution in [-0.2, 0) is 5.54 Å². The van der Waals surface area contributed by atoms with Crippen molar-refractivity contribution in [3.63, 3.8) is 0 Å². The lowest BCUT2D eigenvalue weighted by atomic mass is 9.94. The van der Waals surface area contributed by atoms with E-state index in [2.05, 4.69) is 31.3 Å². The van der Waals surface area contributed by atoms with Gasteiger partial charge in [-0.3, -0.25) is 0 Å². The fourth-order valence-electron chi connectivity index (χ4n) is 1.36. The van der Waals surface area contributed by atoms with Gasteiger partial charge < -0.3 is 10.4 Å². The molecule has 0 saturated heterocycles. The van der Waals surface area contributed by atoms with Crippen LogP contribution >= 0.6 is 0 Å². The lowest BCUT2D eigenvalue weighted by molar-refractivity contribution is 0.176. The molecule has 0 bridgehead atoms. The van der Waals surface area contributed by atoms with Crippen molar-refractivity contribution in [2.45, 2.75) is 32.4 Å². The van der Waals surface area contributed by atoms with E-state index < -0.39 is 0 Å². The molecule has 1 aromatic rings. The van der Waals surface area contributed by atoms with Crippen molar-refractivity contribution in [2.24, 2.45) is 0 Å². The van der Waals surface area contributed by atoms with Gasteiger partial charge >= 0.3 is 0 Å². The van der Waals surface area contributed by atoms with Crippen molar-refractivity contribution < 1.29 is 5.11 Å². The highest BCUT2D eigenvalue weighted by atomic mass is 16.3. The molecule has 0 amide bonds. The molecule has 2 heteroatoms. The Kier molecular flexibility index (Phi) is 3.67. The minimum atomic E-state index is -0.307. The molecule has 0 radical (unpaired) electrons. The zero-order valence-electron chi connectivity index (χ0n) is 9.12. The Labute approximate surface area is 86.0 Å². The Balaban J connectivity index is 2.66. The van der Waals surface area contributed by atoms with Gasteiger partial charge in [0.05, 0.1) is 6.10 Å². The number of hydrogen-bond donors (Lipinski definition) is 2. The van der Waals surface area contributed by atoms with E-state index >= 15 is 0 Å². The van der Waals surface area contributed by atoms with Crippen molar-refractivity contribution in [3.8, 4) is 0 Å². The van der Waals surface area contributed by atoms with E-state index in [-0.39, 0.29) is 11.6 Å². The Morgan fingerprint density at radius 1 is 1.29 bits per heavy atom. The maximum atomic E-state index is 9.20. The average molecular weight is 193 g/mol. The molecule has 1 unspecified atom stereocenters. The molecule has 0 aliphatic carbocycles. The summed E-state index contributed by atoms with van der Waals surface area (Å²) in [7, 11) is 0. The lowest BCUT2D eigenvalue weighted by Crippen LogP contribution is -2.40. The summed E-state index contributed by atoms with van der Waals surface area (Å²) in [6.07, 6.45) is -0.307. The number of rotatable bonds is 4. The van der Waals surface area contributed by atoms with Crippen molar-refractivity contribution >= 4 is 0 Å². The Bertz CT molecular complexity index is 267. The molecular formula is C12H19NO. The van der Waals surface area contributed by atoms with Crippen molar-refractivity contribution in [3.05, 3.63) is 35.9 Å². The second-order valence-corrected chi connectivity index (χ2v) is 4.22. The Morgan fingerprint density at radius 2 is 1.86 bits per heavy atom. The molecule has 2 nitrogen and oxygen atoms in total. The second kappa shape index (κ2) is 4.58. The maximum absolute atomic E-state index is 9.20. The van der Waals surface area contributed by atoms with Crippen LogP contribution in [0, 0.1) is 0 Å². The number of nitrogens with one attached hydrogen (secondary N) is 1. The number of hydrogen-bond acceptors (Lipinski definition) is 2. The summed E-state index contributed by atoms with van der Waals surface area (Å²) in [5, 5.41) is 12.5. The van der Waals surface area contributed by atoms with Gasteiger partial charge in [-0.2, -0.15) is 0 Å². The molecule has 1 atom stereocenters. The van der Waals surface area contributed by atoms with Gasteiger partial charge in [0, 0.05) is 12.1 Å². The fourth-order valence-corrected chi connectivity index (χ4v) is 1.36. The first-order valence-electron chi connectivity index (χ1n) is 5.01. The highest BCUT2D eigenvalue weighted by Crippen LogP contribution is 2.18. The van der Waals surface area contributed by atoms with Crippen LogP contribution in [0.1, 0.15) is 26.3 Å². The molecule has 1 rings (SSSR count).